The molecule has 4 aromatic rings. The quantitative estimate of drug-likeness (QED) is 0.135. The number of carbonyl (C=O) groups excluding carboxylic acids is 1. The van der Waals surface area contributed by atoms with Crippen LogP contribution in [0.15, 0.2) is 94.8 Å². The van der Waals surface area contributed by atoms with E-state index in [-0.39, 0.29) is 23.5 Å². The maximum Gasteiger partial charge on any atom is 0.315 e. The van der Waals surface area contributed by atoms with Crippen molar-refractivity contribution in [2.24, 2.45) is 4.99 Å². The van der Waals surface area contributed by atoms with Gasteiger partial charge in [0.25, 0.3) is 5.91 Å². The summed E-state index contributed by atoms with van der Waals surface area (Å²) in [5.41, 5.74) is 6.96. The highest BCUT2D eigenvalue weighted by Gasteiger charge is 2.35. The Hall–Kier alpha value is -5.09. The molecule has 4 aromatic carbocycles. The van der Waals surface area contributed by atoms with E-state index in [9.17, 15) is 20.0 Å². The third-order valence-corrected chi connectivity index (χ3v) is 9.58. The largest absolute Gasteiger partial charge is 0.500 e. The van der Waals surface area contributed by atoms with E-state index in [0.717, 1.165) is 31.6 Å². The summed E-state index contributed by atoms with van der Waals surface area (Å²) in [5, 5.41) is 24.9. The van der Waals surface area contributed by atoms with Crippen LogP contribution >= 0.6 is 11.8 Å². The van der Waals surface area contributed by atoms with Crippen LogP contribution in [0, 0.1) is 10.1 Å². The van der Waals surface area contributed by atoms with Crippen molar-refractivity contribution in [3.05, 3.63) is 128 Å². The number of methoxy groups -OCH3 is 1. The molecule has 226 valence electrons. The van der Waals surface area contributed by atoms with Crippen molar-refractivity contribution in [2.75, 3.05) is 25.1 Å². The Morgan fingerprint density at radius 2 is 1.58 bits per heavy atom. The predicted octanol–water partition coefficient (Wildman–Crippen LogP) is 7.08. The Labute approximate surface area is 264 Å². The molecule has 1 amide bonds. The van der Waals surface area contributed by atoms with Gasteiger partial charge in [-0.2, -0.15) is 0 Å². The summed E-state index contributed by atoms with van der Waals surface area (Å²) < 4.78 is 5.11. The lowest BCUT2D eigenvalue weighted by atomic mass is 9.76. The van der Waals surface area contributed by atoms with Crippen molar-refractivity contribution in [1.82, 2.24) is 5.32 Å². The molecular weight excluding hydrogens is 588 g/mol. The maximum absolute atomic E-state index is 13.0. The number of phenols is 1. The zero-order valence-corrected chi connectivity index (χ0v) is 25.3. The number of aromatic hydroxyl groups is 1. The van der Waals surface area contributed by atoms with Gasteiger partial charge < -0.3 is 20.1 Å². The number of amidine groups is 1. The summed E-state index contributed by atoms with van der Waals surface area (Å²) in [6, 6.07) is 28.2. The van der Waals surface area contributed by atoms with Crippen LogP contribution in [0.1, 0.15) is 52.5 Å². The van der Waals surface area contributed by atoms with E-state index in [1.165, 1.54) is 65.0 Å². The molecule has 3 heterocycles. The van der Waals surface area contributed by atoms with Crippen LogP contribution < -0.4 is 15.0 Å². The van der Waals surface area contributed by atoms with Gasteiger partial charge in [0, 0.05) is 36.7 Å². The number of nitrogens with zero attached hydrogens (tertiary/aromatic N) is 3. The first-order valence-corrected chi connectivity index (χ1v) is 15.6. The van der Waals surface area contributed by atoms with E-state index >= 15 is 0 Å². The minimum atomic E-state index is -0.691. The van der Waals surface area contributed by atoms with Gasteiger partial charge in [0.2, 0.25) is 5.75 Å². The first-order chi connectivity index (χ1) is 21.9. The average molecular weight is 619 g/mol. The van der Waals surface area contributed by atoms with Crippen LogP contribution in [0.5, 0.6) is 11.5 Å². The SMILES string of the molecule is COc1cc(/C=C2\SC(=Nc3cc4c5c(c3)[C@H](c3ccccc3)CCN5CC[C@@H]4c3ccccc3)NC2=O)cc([N+](=O)[O-])c1O. The molecular formula is C35H30N4O5S. The van der Waals surface area contributed by atoms with Gasteiger partial charge in [-0.25, -0.2) is 4.99 Å². The van der Waals surface area contributed by atoms with E-state index in [4.69, 9.17) is 9.73 Å². The van der Waals surface area contributed by atoms with Gasteiger partial charge in [-0.3, -0.25) is 14.9 Å². The molecule has 0 aliphatic carbocycles. The molecule has 0 radical (unpaired) electrons. The fourth-order valence-electron chi connectivity index (χ4n) is 6.65. The number of thioether (sulfide) groups is 1. The second-order valence-corrected chi connectivity index (χ2v) is 12.3. The predicted molar refractivity (Wildman–Crippen MR) is 177 cm³/mol. The summed E-state index contributed by atoms with van der Waals surface area (Å²) in [6.45, 7) is 1.99. The van der Waals surface area contributed by atoms with Gasteiger partial charge in [0.05, 0.1) is 22.6 Å². The molecule has 0 saturated carbocycles. The molecule has 7 rings (SSSR count). The number of carbonyl (C=O) groups is 1. The van der Waals surface area contributed by atoms with Crippen molar-refractivity contribution in [2.45, 2.75) is 24.7 Å². The normalized spacial score (nSPS) is 20.6. The number of hydrogen-bond acceptors (Lipinski definition) is 8. The molecule has 0 aromatic heterocycles. The number of rotatable bonds is 6. The number of ether oxygens (including phenoxy) is 1. The monoisotopic (exact) mass is 618 g/mol. The molecule has 3 aliphatic heterocycles. The average Bonchev–Trinajstić information content (AvgIpc) is 3.40. The highest BCUT2D eigenvalue weighted by atomic mass is 32.2. The molecule has 0 unspecified atom stereocenters. The van der Waals surface area contributed by atoms with Crippen molar-refractivity contribution < 1.29 is 19.6 Å². The smallest absolute Gasteiger partial charge is 0.315 e. The molecule has 9 nitrogen and oxygen atoms in total. The van der Waals surface area contributed by atoms with Gasteiger partial charge in [-0.15, -0.1) is 0 Å². The molecule has 1 saturated heterocycles. The molecule has 2 N–H and O–H groups in total. The van der Waals surface area contributed by atoms with Crippen LogP contribution in [-0.2, 0) is 4.79 Å². The van der Waals surface area contributed by atoms with E-state index in [1.54, 1.807) is 0 Å². The van der Waals surface area contributed by atoms with Gasteiger partial charge in [0.1, 0.15) is 0 Å². The summed E-state index contributed by atoms with van der Waals surface area (Å²) in [4.78, 5) is 31.5. The number of nitro benzene ring substituents is 1. The Kier molecular flexibility index (Phi) is 7.50. The number of hydrogen-bond donors (Lipinski definition) is 2. The van der Waals surface area contributed by atoms with Gasteiger partial charge in [0.15, 0.2) is 10.9 Å². The Bertz CT molecular complexity index is 1800. The molecule has 3 aliphatic rings. The number of aliphatic imine (C=N–C) groups is 1. The van der Waals surface area contributed by atoms with E-state index in [1.807, 2.05) is 12.1 Å². The van der Waals surface area contributed by atoms with Gasteiger partial charge in [-0.1, -0.05) is 60.7 Å². The zero-order chi connectivity index (χ0) is 31.1. The van der Waals surface area contributed by atoms with Crippen molar-refractivity contribution >= 4 is 46.0 Å². The van der Waals surface area contributed by atoms with Crippen LogP contribution in [-0.4, -0.2) is 41.3 Å². The highest BCUT2D eigenvalue weighted by Crippen LogP contribution is 2.50. The standard InChI is InChI=1S/C35H30N4O5S/c1-44-30-17-21(16-29(33(30)40)39(42)43)18-31-34(41)37-35(45-31)36-24-19-27-25(22-8-4-2-5-9-22)12-14-38-15-13-26(28(20-24)32(27)38)23-10-6-3-7-11-23/h2-11,16-20,25-26,40H,12-15H2,1H3,(H,36,37,41)/b31-18-/t25-,26+. The minimum Gasteiger partial charge on any atom is -0.500 e. The topological polar surface area (TPSA) is 117 Å². The van der Waals surface area contributed by atoms with Gasteiger partial charge >= 0.3 is 5.69 Å². The molecule has 45 heavy (non-hydrogen) atoms. The van der Waals surface area contributed by atoms with Crippen molar-refractivity contribution in [1.29, 1.82) is 0 Å². The lowest BCUT2D eigenvalue weighted by molar-refractivity contribution is -0.386. The summed E-state index contributed by atoms with van der Waals surface area (Å²) in [5.74, 6) is -0.512. The third kappa shape index (κ3) is 5.42. The highest BCUT2D eigenvalue weighted by molar-refractivity contribution is 8.18. The molecule has 0 bridgehead atoms. The molecule has 10 heteroatoms. The lowest BCUT2D eigenvalue weighted by Gasteiger charge is -2.43. The van der Waals surface area contributed by atoms with E-state index < -0.39 is 16.4 Å². The second-order valence-electron chi connectivity index (χ2n) is 11.3. The Morgan fingerprint density at radius 3 is 2.13 bits per heavy atom. The van der Waals surface area contributed by atoms with Crippen LogP contribution in [0.3, 0.4) is 0 Å². The molecule has 2 atom stereocenters. The van der Waals surface area contributed by atoms with Crippen LogP contribution in [0.4, 0.5) is 17.1 Å². The third-order valence-electron chi connectivity index (χ3n) is 8.67. The first-order valence-electron chi connectivity index (χ1n) is 14.8. The van der Waals surface area contributed by atoms with Crippen LogP contribution in [0.25, 0.3) is 6.08 Å². The zero-order valence-electron chi connectivity index (χ0n) is 24.5. The first kappa shape index (κ1) is 28.7. The van der Waals surface area contributed by atoms with Gasteiger partial charge in [-0.05, 0) is 76.7 Å². The van der Waals surface area contributed by atoms with Crippen molar-refractivity contribution in [3.63, 3.8) is 0 Å². The number of amides is 1. The summed E-state index contributed by atoms with van der Waals surface area (Å²) in [6.07, 6.45) is 3.54. The molecule has 0 spiro atoms. The minimum absolute atomic E-state index is 0.0497. The lowest BCUT2D eigenvalue weighted by Crippen LogP contribution is -2.37. The number of benzene rings is 4. The fourth-order valence-corrected chi connectivity index (χ4v) is 7.49. The second kappa shape index (κ2) is 11.8. The van der Waals surface area contributed by atoms with E-state index in [2.05, 4.69) is 70.9 Å². The van der Waals surface area contributed by atoms with E-state index in [0.29, 0.717) is 15.6 Å². The maximum atomic E-state index is 13.0. The Balaban J connectivity index is 1.29. The number of anilines is 1. The van der Waals surface area contributed by atoms with Crippen molar-refractivity contribution in [3.8, 4) is 11.5 Å². The number of nitro groups is 1. The van der Waals surface area contributed by atoms with Crippen LogP contribution in [0.2, 0.25) is 0 Å². The number of phenolic OH excluding ortho intramolecular Hbond substituents is 1. The number of nitrogens with one attached hydrogen (secondary N) is 1. The summed E-state index contributed by atoms with van der Waals surface area (Å²) >= 11 is 1.17. The fraction of sp³-hybridized carbons (Fsp3) is 0.200. The Morgan fingerprint density at radius 1 is 0.978 bits per heavy atom. The molecule has 1 fully saturated rings. The summed E-state index contributed by atoms with van der Waals surface area (Å²) in [7, 11) is 1.31.